The zero-order valence-electron chi connectivity index (χ0n) is 15.2. The summed E-state index contributed by atoms with van der Waals surface area (Å²) >= 11 is 8.00. The number of carbonyl (C=O) groups excluding carboxylic acids is 1. The molecule has 0 saturated carbocycles. The largest absolute Gasteiger partial charge is 0.348 e. The maximum atomic E-state index is 13.1. The molecule has 3 nitrogen and oxygen atoms in total. The van der Waals surface area contributed by atoms with Gasteiger partial charge in [-0.15, -0.1) is 11.3 Å². The summed E-state index contributed by atoms with van der Waals surface area (Å²) in [5.41, 5.74) is 3.97. The molecule has 0 aliphatic rings. The number of carbonyl (C=O) groups is 1. The highest BCUT2D eigenvalue weighted by Gasteiger charge is 2.10. The van der Waals surface area contributed by atoms with E-state index in [-0.39, 0.29) is 11.7 Å². The van der Waals surface area contributed by atoms with E-state index in [9.17, 15) is 9.18 Å². The molecule has 4 rings (SSSR count). The van der Waals surface area contributed by atoms with Crippen LogP contribution in [0.2, 0.25) is 5.02 Å². The number of nitrogens with zero attached hydrogens (tertiary/aromatic N) is 1. The van der Waals surface area contributed by atoms with Crippen LogP contribution in [0.25, 0.3) is 21.6 Å². The number of amides is 1. The Labute approximate surface area is 176 Å². The molecule has 0 unspecified atom stereocenters. The predicted octanol–water partition coefficient (Wildman–Crippen LogP) is 6.20. The number of hydrogen-bond donors (Lipinski definition) is 1. The fourth-order valence-electron chi connectivity index (χ4n) is 2.93. The van der Waals surface area contributed by atoms with E-state index < -0.39 is 0 Å². The first kappa shape index (κ1) is 19.3. The van der Waals surface area contributed by atoms with Crippen LogP contribution >= 0.6 is 22.9 Å². The van der Waals surface area contributed by atoms with E-state index in [4.69, 9.17) is 11.6 Å². The van der Waals surface area contributed by atoms with Gasteiger partial charge in [-0.05, 0) is 52.4 Å². The first-order valence-corrected chi connectivity index (χ1v) is 10.2. The van der Waals surface area contributed by atoms with Gasteiger partial charge in [0.25, 0.3) is 5.91 Å². The van der Waals surface area contributed by atoms with Crippen LogP contribution in [-0.4, -0.2) is 10.9 Å². The van der Waals surface area contributed by atoms with Crippen molar-refractivity contribution in [3.63, 3.8) is 0 Å². The summed E-state index contributed by atoms with van der Waals surface area (Å²) < 4.78 is 13.1. The molecule has 2 aromatic heterocycles. The van der Waals surface area contributed by atoms with Gasteiger partial charge in [-0.25, -0.2) is 4.39 Å². The summed E-state index contributed by atoms with van der Waals surface area (Å²) in [7, 11) is 0. The van der Waals surface area contributed by atoms with Gasteiger partial charge in [-0.1, -0.05) is 41.9 Å². The number of halogens is 2. The minimum atomic E-state index is -0.281. The number of benzene rings is 2. The van der Waals surface area contributed by atoms with Crippen molar-refractivity contribution in [3.05, 3.63) is 100 Å². The van der Waals surface area contributed by atoms with Crippen LogP contribution in [0.1, 0.15) is 15.9 Å². The van der Waals surface area contributed by atoms with Crippen molar-refractivity contribution in [3.8, 4) is 21.6 Å². The number of aromatic nitrogens is 1. The lowest BCUT2D eigenvalue weighted by Gasteiger charge is -2.10. The maximum absolute atomic E-state index is 13.1. The van der Waals surface area contributed by atoms with Crippen LogP contribution in [0, 0.1) is 5.82 Å². The van der Waals surface area contributed by atoms with Crippen molar-refractivity contribution in [1.29, 1.82) is 0 Å². The molecular formula is C23H16ClFN2OS. The third-order valence-corrected chi connectivity index (χ3v) is 5.75. The summed E-state index contributed by atoms with van der Waals surface area (Å²) in [5, 5.41) is 5.41. The molecule has 144 valence electrons. The highest BCUT2D eigenvalue weighted by molar-refractivity contribution is 7.13. The molecule has 0 atom stereocenters. The molecule has 2 heterocycles. The fourth-order valence-corrected chi connectivity index (χ4v) is 3.89. The number of nitrogens with one attached hydrogen (secondary N) is 1. The average molecular weight is 423 g/mol. The Hall–Kier alpha value is -3.02. The predicted molar refractivity (Wildman–Crippen MR) is 116 cm³/mol. The van der Waals surface area contributed by atoms with Crippen LogP contribution in [0.5, 0.6) is 0 Å². The van der Waals surface area contributed by atoms with Gasteiger partial charge in [-0.2, -0.15) is 0 Å². The molecule has 1 N–H and O–H groups in total. The first-order valence-electron chi connectivity index (χ1n) is 8.91. The highest BCUT2D eigenvalue weighted by Crippen LogP contribution is 2.27. The Balaban J connectivity index is 1.45. The van der Waals surface area contributed by atoms with Crippen LogP contribution in [-0.2, 0) is 6.54 Å². The molecule has 0 saturated heterocycles. The van der Waals surface area contributed by atoms with Crippen molar-refractivity contribution in [2.45, 2.75) is 6.54 Å². The van der Waals surface area contributed by atoms with Crippen LogP contribution < -0.4 is 5.32 Å². The second kappa shape index (κ2) is 8.55. The first-order chi connectivity index (χ1) is 14.1. The van der Waals surface area contributed by atoms with E-state index in [1.54, 1.807) is 35.9 Å². The minimum Gasteiger partial charge on any atom is -0.348 e. The molecule has 0 spiro atoms. The molecule has 0 radical (unpaired) electrons. The summed E-state index contributed by atoms with van der Waals surface area (Å²) in [6.45, 7) is 0.296. The van der Waals surface area contributed by atoms with Gasteiger partial charge in [0.15, 0.2) is 0 Å². The minimum absolute atomic E-state index is 0.213. The molecule has 0 aliphatic heterocycles. The molecule has 1 amide bonds. The van der Waals surface area contributed by atoms with E-state index in [0.29, 0.717) is 17.1 Å². The monoisotopic (exact) mass is 422 g/mol. The molecule has 29 heavy (non-hydrogen) atoms. The van der Waals surface area contributed by atoms with E-state index in [1.807, 2.05) is 41.8 Å². The lowest BCUT2D eigenvalue weighted by Crippen LogP contribution is -2.23. The Morgan fingerprint density at radius 1 is 1.00 bits per heavy atom. The normalized spacial score (nSPS) is 10.7. The quantitative estimate of drug-likeness (QED) is 0.416. The van der Waals surface area contributed by atoms with Crippen LogP contribution in [0.3, 0.4) is 0 Å². The summed E-state index contributed by atoms with van der Waals surface area (Å²) in [6, 6.07) is 17.6. The Kier molecular flexibility index (Phi) is 5.69. The number of thiophene rings is 1. The number of pyridine rings is 1. The van der Waals surface area contributed by atoms with Crippen molar-refractivity contribution >= 4 is 28.8 Å². The van der Waals surface area contributed by atoms with Gasteiger partial charge >= 0.3 is 0 Å². The maximum Gasteiger partial charge on any atom is 0.253 e. The summed E-state index contributed by atoms with van der Waals surface area (Å²) in [6.07, 6.45) is 3.29. The smallest absolute Gasteiger partial charge is 0.253 e. The molecule has 4 aromatic rings. The lowest BCUT2D eigenvalue weighted by atomic mass is 10.0. The topological polar surface area (TPSA) is 42.0 Å². The van der Waals surface area contributed by atoms with Crippen molar-refractivity contribution in [1.82, 2.24) is 10.3 Å². The van der Waals surface area contributed by atoms with Crippen molar-refractivity contribution in [2.24, 2.45) is 0 Å². The van der Waals surface area contributed by atoms with Crippen LogP contribution in [0.4, 0.5) is 4.39 Å². The van der Waals surface area contributed by atoms with Gasteiger partial charge in [0.1, 0.15) is 5.82 Å². The molecule has 0 fully saturated rings. The van der Waals surface area contributed by atoms with Gasteiger partial charge < -0.3 is 5.32 Å². The third-order valence-electron chi connectivity index (χ3n) is 4.48. The SMILES string of the molecule is O=C(NCc1ccc(-c2ccc(F)cc2)cc1Cl)c1cncc(-c2cccs2)c1. The number of hydrogen-bond acceptors (Lipinski definition) is 3. The molecule has 2 aromatic carbocycles. The second-order valence-electron chi connectivity index (χ2n) is 6.44. The molecule has 6 heteroatoms. The molecule has 0 bridgehead atoms. The van der Waals surface area contributed by atoms with Gasteiger partial charge in [0.05, 0.1) is 5.56 Å². The molecule has 0 aliphatic carbocycles. The lowest BCUT2D eigenvalue weighted by molar-refractivity contribution is 0.0950. The van der Waals surface area contributed by atoms with E-state index >= 15 is 0 Å². The van der Waals surface area contributed by atoms with Gasteiger partial charge in [0, 0.05) is 34.4 Å². The third kappa shape index (κ3) is 4.53. The standard InChI is InChI=1S/C23H16ClFN2OS/c24-21-11-16(15-5-7-20(25)8-6-15)3-4-17(21)14-27-23(28)19-10-18(12-26-13-19)22-2-1-9-29-22/h1-13H,14H2,(H,27,28). The van der Waals surface area contributed by atoms with E-state index in [1.165, 1.54) is 12.1 Å². The highest BCUT2D eigenvalue weighted by atomic mass is 35.5. The van der Waals surface area contributed by atoms with Crippen molar-refractivity contribution in [2.75, 3.05) is 0 Å². The molecular weight excluding hydrogens is 407 g/mol. The van der Waals surface area contributed by atoms with Crippen LogP contribution in [0.15, 0.2) is 78.4 Å². The zero-order valence-corrected chi connectivity index (χ0v) is 16.8. The summed E-state index contributed by atoms with van der Waals surface area (Å²) in [5.74, 6) is -0.494. The fraction of sp³-hybridized carbons (Fsp3) is 0.0435. The zero-order chi connectivity index (χ0) is 20.2. The number of rotatable bonds is 5. The second-order valence-corrected chi connectivity index (χ2v) is 7.79. The average Bonchev–Trinajstić information content (AvgIpc) is 3.28. The van der Waals surface area contributed by atoms with Crippen molar-refractivity contribution < 1.29 is 9.18 Å². The Bertz CT molecular complexity index is 1140. The Morgan fingerprint density at radius 2 is 1.79 bits per heavy atom. The van der Waals surface area contributed by atoms with E-state index in [0.717, 1.165) is 27.1 Å². The van der Waals surface area contributed by atoms with Gasteiger partial charge in [0.2, 0.25) is 0 Å². The Morgan fingerprint density at radius 3 is 2.52 bits per heavy atom. The summed E-state index contributed by atoms with van der Waals surface area (Å²) in [4.78, 5) is 17.8. The van der Waals surface area contributed by atoms with E-state index in [2.05, 4.69) is 10.3 Å². The van der Waals surface area contributed by atoms with Gasteiger partial charge in [-0.3, -0.25) is 9.78 Å².